The van der Waals surface area contributed by atoms with Crippen LogP contribution >= 0.6 is 0 Å². The second-order valence-electron chi connectivity index (χ2n) is 4.82. The van der Waals surface area contributed by atoms with Crippen molar-refractivity contribution in [2.45, 2.75) is 31.3 Å². The Balaban J connectivity index is 2.02. The zero-order valence-corrected chi connectivity index (χ0v) is 9.30. The number of phenols is 1. The van der Waals surface area contributed by atoms with E-state index in [2.05, 4.69) is 0 Å². The van der Waals surface area contributed by atoms with E-state index >= 15 is 0 Å². The zero-order chi connectivity index (χ0) is 12.0. The van der Waals surface area contributed by atoms with Crippen molar-refractivity contribution in [2.24, 2.45) is 5.92 Å². The van der Waals surface area contributed by atoms with Crippen LogP contribution in [0.15, 0.2) is 18.2 Å². The van der Waals surface area contributed by atoms with Crippen LogP contribution in [0.4, 0.5) is 0 Å². The summed E-state index contributed by atoms with van der Waals surface area (Å²) in [7, 11) is 0. The van der Waals surface area contributed by atoms with Gasteiger partial charge in [0, 0.05) is 12.0 Å². The number of aliphatic hydroxyl groups is 1. The van der Waals surface area contributed by atoms with Crippen molar-refractivity contribution < 1.29 is 19.7 Å². The molecule has 0 spiro atoms. The van der Waals surface area contributed by atoms with Crippen LogP contribution in [0.2, 0.25) is 0 Å². The molecule has 4 heteroatoms. The maximum atomic E-state index is 11.8. The number of carbonyl (C=O) groups is 1. The van der Waals surface area contributed by atoms with Crippen LogP contribution in [0, 0.1) is 5.92 Å². The van der Waals surface area contributed by atoms with Crippen molar-refractivity contribution in [1.82, 2.24) is 0 Å². The summed E-state index contributed by atoms with van der Waals surface area (Å²) < 4.78 is 5.22. The van der Waals surface area contributed by atoms with Crippen LogP contribution in [0.3, 0.4) is 0 Å². The number of aromatic hydroxyl groups is 1. The maximum absolute atomic E-state index is 11.8. The lowest BCUT2D eigenvalue weighted by molar-refractivity contribution is -0.144. The fourth-order valence-electron chi connectivity index (χ4n) is 2.88. The molecule has 0 saturated heterocycles. The van der Waals surface area contributed by atoms with Crippen LogP contribution in [0.1, 0.15) is 30.7 Å². The molecule has 17 heavy (non-hydrogen) atoms. The normalized spacial score (nSPS) is 31.4. The van der Waals surface area contributed by atoms with E-state index in [1.807, 2.05) is 6.07 Å². The summed E-state index contributed by atoms with van der Waals surface area (Å²) in [5.41, 5.74) is 0.972. The Hall–Kier alpha value is -1.55. The molecule has 0 amide bonds. The Bertz CT molecular complexity index is 468. The first-order chi connectivity index (χ1) is 8.15. The highest BCUT2D eigenvalue weighted by Gasteiger charge is 2.41. The van der Waals surface area contributed by atoms with Gasteiger partial charge in [0.2, 0.25) is 0 Å². The van der Waals surface area contributed by atoms with E-state index < -0.39 is 6.10 Å². The summed E-state index contributed by atoms with van der Waals surface area (Å²) in [6.07, 6.45) is 1.58. The second-order valence-corrected chi connectivity index (χ2v) is 4.82. The van der Waals surface area contributed by atoms with Crippen molar-refractivity contribution in [3.8, 4) is 11.5 Å². The van der Waals surface area contributed by atoms with Gasteiger partial charge in [-0.25, -0.2) is 0 Å². The Morgan fingerprint density at radius 1 is 1.24 bits per heavy atom. The van der Waals surface area contributed by atoms with Crippen molar-refractivity contribution in [1.29, 1.82) is 0 Å². The third-order valence-electron chi connectivity index (χ3n) is 3.73. The topological polar surface area (TPSA) is 66.8 Å². The Morgan fingerprint density at radius 2 is 2.06 bits per heavy atom. The summed E-state index contributed by atoms with van der Waals surface area (Å²) in [5.74, 6) is 0.163. The highest BCUT2D eigenvalue weighted by Crippen LogP contribution is 2.46. The summed E-state index contributed by atoms with van der Waals surface area (Å²) >= 11 is 0. The summed E-state index contributed by atoms with van der Waals surface area (Å²) in [5, 5.41) is 19.0. The minimum atomic E-state index is -0.400. The average Bonchev–Trinajstić information content (AvgIpc) is 2.29. The lowest BCUT2D eigenvalue weighted by atomic mass is 9.73. The van der Waals surface area contributed by atoms with Gasteiger partial charge < -0.3 is 14.9 Å². The van der Waals surface area contributed by atoms with Gasteiger partial charge in [-0.3, -0.25) is 4.79 Å². The zero-order valence-electron chi connectivity index (χ0n) is 9.30. The van der Waals surface area contributed by atoms with Crippen molar-refractivity contribution >= 4 is 5.97 Å². The molecule has 2 N–H and O–H groups in total. The quantitative estimate of drug-likeness (QED) is 0.528. The molecule has 1 aliphatic heterocycles. The summed E-state index contributed by atoms with van der Waals surface area (Å²) in [6.45, 7) is 0. The summed E-state index contributed by atoms with van der Waals surface area (Å²) in [6, 6.07) is 4.90. The number of esters is 1. The van der Waals surface area contributed by atoms with Crippen LogP contribution < -0.4 is 4.74 Å². The number of rotatable bonds is 0. The van der Waals surface area contributed by atoms with E-state index in [0.29, 0.717) is 12.2 Å². The Kier molecular flexibility index (Phi) is 2.33. The highest BCUT2D eigenvalue weighted by atomic mass is 16.5. The molecule has 1 fully saturated rings. The molecular formula is C13H14O4. The van der Waals surface area contributed by atoms with Gasteiger partial charge >= 0.3 is 5.97 Å². The number of benzene rings is 1. The molecule has 1 aliphatic carbocycles. The van der Waals surface area contributed by atoms with Gasteiger partial charge in [0.25, 0.3) is 0 Å². The molecule has 4 nitrogen and oxygen atoms in total. The third kappa shape index (κ3) is 1.69. The van der Waals surface area contributed by atoms with E-state index in [1.54, 1.807) is 6.07 Å². The fourth-order valence-corrected chi connectivity index (χ4v) is 2.88. The number of fused-ring (bicyclic) bond motifs is 3. The molecule has 2 aliphatic rings. The second kappa shape index (κ2) is 3.74. The lowest BCUT2D eigenvalue weighted by Gasteiger charge is -2.37. The predicted octanol–water partition coefficient (Wildman–Crippen LogP) is 1.56. The first-order valence-electron chi connectivity index (χ1n) is 5.88. The van der Waals surface area contributed by atoms with Crippen LogP contribution in [-0.4, -0.2) is 22.3 Å². The summed E-state index contributed by atoms with van der Waals surface area (Å²) in [4.78, 5) is 11.8. The molecule has 0 bridgehead atoms. The average molecular weight is 234 g/mol. The molecule has 3 atom stereocenters. The van der Waals surface area contributed by atoms with Crippen molar-refractivity contribution in [2.75, 3.05) is 0 Å². The van der Waals surface area contributed by atoms with E-state index in [-0.39, 0.29) is 23.6 Å². The van der Waals surface area contributed by atoms with Gasteiger partial charge in [0.1, 0.15) is 11.5 Å². The van der Waals surface area contributed by atoms with E-state index in [4.69, 9.17) is 4.74 Å². The van der Waals surface area contributed by atoms with Crippen LogP contribution in [0.25, 0.3) is 0 Å². The number of hydrogen-bond acceptors (Lipinski definition) is 4. The van der Waals surface area contributed by atoms with Gasteiger partial charge in [-0.05, 0) is 30.9 Å². The molecule has 1 aromatic rings. The van der Waals surface area contributed by atoms with E-state index in [1.165, 1.54) is 6.07 Å². The molecule has 90 valence electrons. The smallest absolute Gasteiger partial charge is 0.315 e. The van der Waals surface area contributed by atoms with E-state index in [9.17, 15) is 15.0 Å². The molecule has 0 radical (unpaired) electrons. The molecule has 1 heterocycles. The van der Waals surface area contributed by atoms with Gasteiger partial charge in [-0.1, -0.05) is 6.07 Å². The van der Waals surface area contributed by atoms with Crippen LogP contribution in [-0.2, 0) is 4.79 Å². The Morgan fingerprint density at radius 3 is 2.88 bits per heavy atom. The third-order valence-corrected chi connectivity index (χ3v) is 3.73. The van der Waals surface area contributed by atoms with Gasteiger partial charge in [-0.2, -0.15) is 0 Å². The largest absolute Gasteiger partial charge is 0.508 e. The van der Waals surface area contributed by atoms with E-state index in [0.717, 1.165) is 18.4 Å². The first kappa shape index (κ1) is 10.6. The molecule has 0 unspecified atom stereocenters. The SMILES string of the molecule is O=C1Oc2cc(O)ccc2[C@@H]2CC[C@H](O)C[C@H]12. The van der Waals surface area contributed by atoms with Crippen molar-refractivity contribution in [3.05, 3.63) is 23.8 Å². The van der Waals surface area contributed by atoms with Crippen LogP contribution in [0.5, 0.6) is 11.5 Å². The van der Waals surface area contributed by atoms with Gasteiger partial charge in [-0.15, -0.1) is 0 Å². The first-order valence-corrected chi connectivity index (χ1v) is 5.88. The number of aliphatic hydroxyl groups excluding tert-OH is 1. The molecular weight excluding hydrogens is 220 g/mol. The molecule has 0 aromatic heterocycles. The molecule has 3 rings (SSSR count). The van der Waals surface area contributed by atoms with Gasteiger partial charge in [0.05, 0.1) is 12.0 Å². The number of ether oxygens (including phenoxy) is 1. The van der Waals surface area contributed by atoms with Gasteiger partial charge in [0.15, 0.2) is 0 Å². The highest BCUT2D eigenvalue weighted by molar-refractivity contribution is 5.79. The number of phenolic OH excluding ortho intramolecular Hbond substituents is 1. The monoisotopic (exact) mass is 234 g/mol. The Labute approximate surface area is 98.8 Å². The lowest BCUT2D eigenvalue weighted by Crippen LogP contribution is -2.37. The minimum absolute atomic E-state index is 0.103. The minimum Gasteiger partial charge on any atom is -0.508 e. The fraction of sp³-hybridized carbons (Fsp3) is 0.462. The molecule has 1 aromatic carbocycles. The predicted molar refractivity (Wildman–Crippen MR) is 59.8 cm³/mol. The molecule has 1 saturated carbocycles. The standard InChI is InChI=1S/C13H14O4/c14-7-1-3-9-10-4-2-8(15)6-12(10)17-13(16)11(9)5-7/h2,4,6-7,9,11,14-15H,1,3,5H2/t7-,9-,11-/m0/s1. The van der Waals surface area contributed by atoms with Crippen molar-refractivity contribution in [3.63, 3.8) is 0 Å². The number of hydrogen-bond donors (Lipinski definition) is 2. The number of carbonyl (C=O) groups excluding carboxylic acids is 1. The maximum Gasteiger partial charge on any atom is 0.315 e.